The molecule has 118 valence electrons. The van der Waals surface area contributed by atoms with Crippen molar-refractivity contribution in [2.45, 2.75) is 25.8 Å². The summed E-state index contributed by atoms with van der Waals surface area (Å²) in [6.45, 7) is 1.85. The molecular weight excluding hydrogens is 312 g/mol. The first-order valence-corrected chi connectivity index (χ1v) is 8.47. The van der Waals surface area contributed by atoms with Crippen LogP contribution >= 0.6 is 11.3 Å². The van der Waals surface area contributed by atoms with Gasteiger partial charge in [-0.1, -0.05) is 6.07 Å². The van der Waals surface area contributed by atoms with Crippen molar-refractivity contribution in [3.8, 4) is 10.6 Å². The fourth-order valence-corrected chi connectivity index (χ4v) is 3.23. The number of carbonyl (C=O) groups excluding carboxylic acids is 1. The molecule has 7 heteroatoms. The van der Waals surface area contributed by atoms with Gasteiger partial charge < -0.3 is 5.32 Å². The summed E-state index contributed by atoms with van der Waals surface area (Å²) in [4.78, 5) is 29.7. The van der Waals surface area contributed by atoms with Gasteiger partial charge in [0.2, 0.25) is 5.91 Å². The number of rotatable bonds is 4. The summed E-state index contributed by atoms with van der Waals surface area (Å²) < 4.78 is 1.42. The van der Waals surface area contributed by atoms with Crippen LogP contribution in [0.25, 0.3) is 16.2 Å². The second-order valence-corrected chi connectivity index (χ2v) is 6.81. The fraction of sp³-hybridized carbons (Fsp3) is 0.312. The summed E-state index contributed by atoms with van der Waals surface area (Å²) in [6.07, 6.45) is 1.91. The number of nitrogens with one attached hydrogen (secondary N) is 2. The van der Waals surface area contributed by atoms with E-state index in [1.165, 1.54) is 10.6 Å². The molecule has 1 saturated carbocycles. The maximum atomic E-state index is 12.3. The molecule has 1 amide bonds. The van der Waals surface area contributed by atoms with Gasteiger partial charge in [0.05, 0.1) is 22.3 Å². The van der Waals surface area contributed by atoms with Gasteiger partial charge in [-0.25, -0.2) is 9.50 Å². The van der Waals surface area contributed by atoms with Crippen molar-refractivity contribution in [3.05, 3.63) is 45.7 Å². The molecule has 1 aliphatic rings. The van der Waals surface area contributed by atoms with E-state index in [0.717, 1.165) is 23.4 Å². The molecule has 0 spiro atoms. The van der Waals surface area contributed by atoms with Gasteiger partial charge >= 0.3 is 0 Å². The van der Waals surface area contributed by atoms with Crippen molar-refractivity contribution in [1.29, 1.82) is 0 Å². The summed E-state index contributed by atoms with van der Waals surface area (Å²) in [6, 6.07) is 7.00. The second-order valence-electron chi connectivity index (χ2n) is 5.86. The number of aromatic amines is 1. The third kappa shape index (κ3) is 2.68. The van der Waals surface area contributed by atoms with Crippen molar-refractivity contribution in [2.75, 3.05) is 0 Å². The fourth-order valence-electron chi connectivity index (χ4n) is 2.54. The van der Waals surface area contributed by atoms with Crippen molar-refractivity contribution in [1.82, 2.24) is 19.9 Å². The number of aromatic nitrogens is 3. The van der Waals surface area contributed by atoms with E-state index in [1.807, 2.05) is 30.5 Å². The van der Waals surface area contributed by atoms with Crippen LogP contribution in [0.2, 0.25) is 0 Å². The highest BCUT2D eigenvalue weighted by Gasteiger charge is 2.30. The molecule has 23 heavy (non-hydrogen) atoms. The van der Waals surface area contributed by atoms with Gasteiger partial charge in [0.1, 0.15) is 0 Å². The minimum Gasteiger partial charge on any atom is -0.348 e. The van der Waals surface area contributed by atoms with Crippen molar-refractivity contribution < 1.29 is 4.79 Å². The molecule has 1 aliphatic carbocycles. The molecular formula is C16H16N4O2S. The van der Waals surface area contributed by atoms with Gasteiger partial charge in [-0.05, 0) is 31.2 Å². The van der Waals surface area contributed by atoms with Crippen LogP contribution in [0.5, 0.6) is 0 Å². The van der Waals surface area contributed by atoms with Gasteiger partial charge in [0.25, 0.3) is 5.56 Å². The Bertz CT molecular complexity index is 921. The molecule has 4 rings (SSSR count). The number of amides is 1. The molecule has 0 radical (unpaired) electrons. The molecule has 0 bridgehead atoms. The summed E-state index contributed by atoms with van der Waals surface area (Å²) in [5.41, 5.74) is 1.82. The third-order valence-electron chi connectivity index (χ3n) is 4.01. The number of carbonyl (C=O) groups is 1. The summed E-state index contributed by atoms with van der Waals surface area (Å²) >= 11 is 1.59. The highest BCUT2D eigenvalue weighted by Crippen LogP contribution is 2.29. The Hall–Kier alpha value is -2.41. The van der Waals surface area contributed by atoms with Gasteiger partial charge in [0.15, 0.2) is 5.65 Å². The number of hydrogen-bond donors (Lipinski definition) is 2. The Morgan fingerprint density at radius 1 is 1.48 bits per heavy atom. The molecule has 0 unspecified atom stereocenters. The minimum absolute atomic E-state index is 0.0489. The molecule has 1 atom stereocenters. The Labute approximate surface area is 136 Å². The van der Waals surface area contributed by atoms with Crippen LogP contribution in [0.3, 0.4) is 0 Å². The first-order valence-electron chi connectivity index (χ1n) is 7.59. The minimum atomic E-state index is -0.277. The number of nitrogens with zero attached hydrogens (tertiary/aromatic N) is 2. The summed E-state index contributed by atoms with van der Waals surface area (Å²) in [7, 11) is 0. The standard InChI is InChI=1S/C16H16N4O2S/c1-9(17-16(22)10-4-5-10)11-8-15(21)20-14(18-11)7-12(19-20)13-3-2-6-23-13/h2-3,6-10,19H,4-5H2,1H3,(H,17,22)/t9-/m1/s1. The van der Waals surface area contributed by atoms with Gasteiger partial charge in [0, 0.05) is 18.1 Å². The molecule has 3 aromatic heterocycles. The number of hydrogen-bond acceptors (Lipinski definition) is 4. The zero-order chi connectivity index (χ0) is 16.0. The monoisotopic (exact) mass is 328 g/mol. The van der Waals surface area contributed by atoms with E-state index < -0.39 is 0 Å². The summed E-state index contributed by atoms with van der Waals surface area (Å²) in [5.74, 6) is 0.188. The lowest BCUT2D eigenvalue weighted by Crippen LogP contribution is -2.29. The Kier molecular flexibility index (Phi) is 3.30. The van der Waals surface area contributed by atoms with Gasteiger partial charge in [-0.3, -0.25) is 14.7 Å². The molecule has 6 nitrogen and oxygen atoms in total. The lowest BCUT2D eigenvalue weighted by Gasteiger charge is -2.12. The van der Waals surface area contributed by atoms with Crippen LogP contribution in [-0.2, 0) is 4.79 Å². The van der Waals surface area contributed by atoms with Crippen LogP contribution < -0.4 is 10.9 Å². The van der Waals surface area contributed by atoms with Gasteiger partial charge in [-0.2, -0.15) is 0 Å². The number of H-pyrrole nitrogens is 1. The lowest BCUT2D eigenvalue weighted by molar-refractivity contribution is -0.122. The second kappa shape index (κ2) is 5.34. The van der Waals surface area contributed by atoms with E-state index in [2.05, 4.69) is 15.4 Å². The maximum Gasteiger partial charge on any atom is 0.272 e. The lowest BCUT2D eigenvalue weighted by atomic mass is 10.2. The Balaban J connectivity index is 1.68. The predicted molar refractivity (Wildman–Crippen MR) is 88.4 cm³/mol. The smallest absolute Gasteiger partial charge is 0.272 e. The largest absolute Gasteiger partial charge is 0.348 e. The zero-order valence-electron chi connectivity index (χ0n) is 12.6. The molecule has 0 aliphatic heterocycles. The first kappa shape index (κ1) is 14.2. The van der Waals surface area contributed by atoms with Crippen LogP contribution in [0.15, 0.2) is 34.4 Å². The Morgan fingerprint density at radius 2 is 2.30 bits per heavy atom. The molecule has 3 heterocycles. The van der Waals surface area contributed by atoms with Gasteiger partial charge in [-0.15, -0.1) is 11.3 Å². The van der Waals surface area contributed by atoms with Crippen LogP contribution in [0, 0.1) is 5.92 Å². The van der Waals surface area contributed by atoms with Crippen molar-refractivity contribution in [3.63, 3.8) is 0 Å². The average molecular weight is 328 g/mol. The van der Waals surface area contributed by atoms with E-state index in [-0.39, 0.29) is 23.4 Å². The molecule has 2 N–H and O–H groups in total. The van der Waals surface area contributed by atoms with Crippen molar-refractivity contribution in [2.24, 2.45) is 5.92 Å². The molecule has 1 fully saturated rings. The van der Waals surface area contributed by atoms with E-state index in [1.54, 1.807) is 11.3 Å². The predicted octanol–water partition coefficient (Wildman–Crippen LogP) is 2.34. The molecule has 0 saturated heterocycles. The summed E-state index contributed by atoms with van der Waals surface area (Å²) in [5, 5.41) is 7.98. The topological polar surface area (TPSA) is 79.3 Å². The number of thiophene rings is 1. The van der Waals surface area contributed by atoms with E-state index in [4.69, 9.17) is 0 Å². The zero-order valence-corrected chi connectivity index (χ0v) is 13.4. The Morgan fingerprint density at radius 3 is 3.00 bits per heavy atom. The van der Waals surface area contributed by atoms with Crippen LogP contribution in [-0.4, -0.2) is 20.5 Å². The molecule has 0 aromatic carbocycles. The number of fused-ring (bicyclic) bond motifs is 1. The highest BCUT2D eigenvalue weighted by molar-refractivity contribution is 7.13. The average Bonchev–Trinajstić information content (AvgIpc) is 3.07. The first-order chi connectivity index (χ1) is 11.1. The van der Waals surface area contributed by atoms with E-state index in [9.17, 15) is 9.59 Å². The normalized spacial score (nSPS) is 15.7. The SMILES string of the molecule is C[C@@H](NC(=O)C1CC1)c1cc(=O)n2[nH]c(-c3cccs3)cc2n1. The molecule has 3 aromatic rings. The van der Waals surface area contributed by atoms with Crippen LogP contribution in [0.4, 0.5) is 0 Å². The van der Waals surface area contributed by atoms with E-state index >= 15 is 0 Å². The third-order valence-corrected chi connectivity index (χ3v) is 4.91. The quantitative estimate of drug-likeness (QED) is 0.771. The van der Waals surface area contributed by atoms with Crippen molar-refractivity contribution >= 4 is 22.9 Å². The maximum absolute atomic E-state index is 12.3. The van der Waals surface area contributed by atoms with Crippen LogP contribution in [0.1, 0.15) is 31.5 Å². The highest BCUT2D eigenvalue weighted by atomic mass is 32.1. The van der Waals surface area contributed by atoms with E-state index in [0.29, 0.717) is 11.3 Å².